The van der Waals surface area contributed by atoms with E-state index in [2.05, 4.69) is 98.7 Å². The summed E-state index contributed by atoms with van der Waals surface area (Å²) in [6.45, 7) is 17.7. The van der Waals surface area contributed by atoms with Gasteiger partial charge < -0.3 is 0 Å². The van der Waals surface area contributed by atoms with Crippen molar-refractivity contribution in [1.82, 2.24) is 0 Å². The molecule has 0 saturated heterocycles. The lowest BCUT2D eigenvalue weighted by Gasteiger charge is -2.18. The first-order chi connectivity index (χ1) is 15.2. The average Bonchev–Trinajstić information content (AvgIpc) is 2.86. The van der Waals surface area contributed by atoms with E-state index >= 15 is 0 Å². The molecule has 166 valence electrons. The van der Waals surface area contributed by atoms with Crippen LogP contribution in [0.3, 0.4) is 0 Å². The molecule has 0 bridgehead atoms. The van der Waals surface area contributed by atoms with E-state index in [9.17, 15) is 0 Å². The summed E-state index contributed by atoms with van der Waals surface area (Å²) in [6, 6.07) is 8.59. The number of benzene rings is 1. The third-order valence-electron chi connectivity index (χ3n) is 4.76. The van der Waals surface area contributed by atoms with Crippen molar-refractivity contribution >= 4 is 23.1 Å². The Bertz CT molecular complexity index is 979. The van der Waals surface area contributed by atoms with Crippen molar-refractivity contribution in [1.29, 1.82) is 0 Å². The Hall–Kier alpha value is -2.43. The smallest absolute Gasteiger partial charge is 0.0199 e. The number of hydrogen-bond acceptors (Lipinski definition) is 1. The van der Waals surface area contributed by atoms with Crippen molar-refractivity contribution in [3.8, 4) is 11.8 Å². The van der Waals surface area contributed by atoms with E-state index in [-0.39, 0.29) is 0 Å². The second-order valence-electron chi connectivity index (χ2n) is 6.36. The fourth-order valence-corrected chi connectivity index (χ4v) is 3.57. The summed E-state index contributed by atoms with van der Waals surface area (Å²) in [6.07, 6.45) is 17.1. The van der Waals surface area contributed by atoms with Gasteiger partial charge in [0, 0.05) is 5.92 Å². The van der Waals surface area contributed by atoms with Crippen LogP contribution in [0.25, 0.3) is 10.5 Å². The fraction of sp³-hybridized carbons (Fsp3) is 0.333. The maximum Gasteiger partial charge on any atom is 0.0199 e. The Balaban J connectivity index is 0.000000992. The van der Waals surface area contributed by atoms with Gasteiger partial charge in [-0.15, -0.1) is 31.0 Å². The Morgan fingerprint density at radius 3 is 2.16 bits per heavy atom. The van der Waals surface area contributed by atoms with Gasteiger partial charge in [0.2, 0.25) is 0 Å². The Morgan fingerprint density at radius 1 is 1.00 bits per heavy atom. The van der Waals surface area contributed by atoms with Crippen molar-refractivity contribution in [2.45, 2.75) is 61.3 Å². The molecule has 0 radical (unpaired) electrons. The quantitative estimate of drug-likeness (QED) is 0.284. The molecule has 0 N–H and O–H groups in total. The molecule has 0 heterocycles. The molecule has 1 atom stereocenters. The molecule has 0 amide bonds. The number of thiol groups is 1. The summed E-state index contributed by atoms with van der Waals surface area (Å²) >= 11 is 4.67. The highest BCUT2D eigenvalue weighted by Crippen LogP contribution is 2.28. The first-order valence-corrected chi connectivity index (χ1v) is 11.8. The standard InChI is InChI=1S/C22H22S.C4H6.2C2H6/c1-3-16-9-5-6-10-18(16)15-17(4-2)19-13-14-22(23)21-12-8-7-11-20(19)21;1-3-4-2;2*1-2/h3-12,15-16,23H,1,13-14H2,2H3;1-2H3;2*1-2H3/b17-4+,18-15-;;;. The predicted octanol–water partition coefficient (Wildman–Crippen LogP) is 7.55. The molecule has 0 aromatic heterocycles. The van der Waals surface area contributed by atoms with Gasteiger partial charge in [-0.05, 0) is 65.7 Å². The minimum Gasteiger partial charge on any atom is -0.147 e. The highest BCUT2D eigenvalue weighted by molar-refractivity contribution is 7.90. The van der Waals surface area contributed by atoms with Gasteiger partial charge in [-0.3, -0.25) is 0 Å². The topological polar surface area (TPSA) is 0 Å². The van der Waals surface area contributed by atoms with E-state index in [4.69, 9.17) is 0 Å². The molecule has 2 aliphatic carbocycles. The van der Waals surface area contributed by atoms with E-state index in [0.717, 1.165) is 12.8 Å². The summed E-state index contributed by atoms with van der Waals surface area (Å²) < 4.78 is 0. The molecule has 0 nitrogen and oxygen atoms in total. The molecule has 0 fully saturated rings. The van der Waals surface area contributed by atoms with Gasteiger partial charge in [0.1, 0.15) is 0 Å². The van der Waals surface area contributed by atoms with Gasteiger partial charge in [0.25, 0.3) is 0 Å². The fourth-order valence-electron chi connectivity index (χ4n) is 3.27. The van der Waals surface area contributed by atoms with Crippen LogP contribution < -0.4 is 10.4 Å². The normalized spacial score (nSPS) is 17.5. The SMILES string of the molecule is C=CC1C=CC=C/C1=C/C(=C\C)C1=c2ccccc2=C(S)CC1.CC.CC.CC#CC. The molecular formula is C30H40S. The van der Waals surface area contributed by atoms with Crippen molar-refractivity contribution in [2.75, 3.05) is 0 Å². The summed E-state index contributed by atoms with van der Waals surface area (Å²) in [7, 11) is 0. The highest BCUT2D eigenvalue weighted by atomic mass is 32.1. The molecule has 2 aliphatic rings. The Morgan fingerprint density at radius 2 is 1.61 bits per heavy atom. The maximum absolute atomic E-state index is 4.67. The maximum atomic E-state index is 4.67. The molecule has 1 heteroatoms. The van der Waals surface area contributed by atoms with Gasteiger partial charge in [0.05, 0.1) is 0 Å². The van der Waals surface area contributed by atoms with Crippen LogP contribution in [-0.4, -0.2) is 0 Å². The van der Waals surface area contributed by atoms with Crippen LogP contribution >= 0.6 is 12.6 Å². The summed E-state index contributed by atoms with van der Waals surface area (Å²) in [4.78, 5) is 1.19. The zero-order chi connectivity index (χ0) is 23.6. The molecule has 1 aromatic rings. The zero-order valence-electron chi connectivity index (χ0n) is 20.5. The Kier molecular flexibility index (Phi) is 15.9. The minimum absolute atomic E-state index is 0.293. The second-order valence-corrected chi connectivity index (χ2v) is 6.90. The second kappa shape index (κ2) is 17.3. The van der Waals surface area contributed by atoms with E-state index in [1.807, 2.05) is 47.6 Å². The van der Waals surface area contributed by atoms with Crippen molar-refractivity contribution < 1.29 is 0 Å². The lowest BCUT2D eigenvalue weighted by atomic mass is 9.88. The molecule has 0 aliphatic heterocycles. The van der Waals surface area contributed by atoms with E-state index in [1.54, 1.807) is 0 Å². The number of allylic oxidation sites excluding steroid dienone is 9. The third-order valence-corrected chi connectivity index (χ3v) is 5.23. The van der Waals surface area contributed by atoms with Crippen LogP contribution in [0.15, 0.2) is 84.5 Å². The van der Waals surface area contributed by atoms with Crippen molar-refractivity contribution in [3.63, 3.8) is 0 Å². The first kappa shape index (κ1) is 28.6. The van der Waals surface area contributed by atoms with Crippen LogP contribution in [0.4, 0.5) is 0 Å². The highest BCUT2D eigenvalue weighted by Gasteiger charge is 2.13. The average molecular weight is 433 g/mol. The zero-order valence-corrected chi connectivity index (χ0v) is 21.4. The lowest BCUT2D eigenvalue weighted by Crippen LogP contribution is -2.31. The van der Waals surface area contributed by atoms with E-state index in [0.29, 0.717) is 5.92 Å². The third kappa shape index (κ3) is 8.68. The molecule has 0 spiro atoms. The van der Waals surface area contributed by atoms with Crippen molar-refractivity contribution in [3.05, 3.63) is 95.0 Å². The summed E-state index contributed by atoms with van der Waals surface area (Å²) in [5, 5.41) is 2.59. The van der Waals surface area contributed by atoms with Gasteiger partial charge in [-0.25, -0.2) is 0 Å². The monoisotopic (exact) mass is 432 g/mol. The minimum atomic E-state index is 0.293. The summed E-state index contributed by atoms with van der Waals surface area (Å²) in [5.74, 6) is 5.65. The van der Waals surface area contributed by atoms with Crippen LogP contribution in [0.1, 0.15) is 61.3 Å². The molecule has 1 unspecified atom stereocenters. The lowest BCUT2D eigenvalue weighted by molar-refractivity contribution is 0.993. The first-order valence-electron chi connectivity index (χ1n) is 11.4. The number of hydrogen-bond donors (Lipinski definition) is 1. The van der Waals surface area contributed by atoms with Crippen LogP contribution in [0.2, 0.25) is 0 Å². The van der Waals surface area contributed by atoms with Gasteiger partial charge >= 0.3 is 0 Å². The van der Waals surface area contributed by atoms with Crippen LogP contribution in [0.5, 0.6) is 0 Å². The van der Waals surface area contributed by atoms with Gasteiger partial charge in [-0.2, -0.15) is 0 Å². The molecule has 1 aromatic carbocycles. The van der Waals surface area contributed by atoms with Gasteiger partial charge in [-0.1, -0.05) is 94.5 Å². The molecule has 3 rings (SSSR count). The summed E-state index contributed by atoms with van der Waals surface area (Å²) in [5.41, 5.74) is 4.01. The van der Waals surface area contributed by atoms with Crippen LogP contribution in [-0.2, 0) is 0 Å². The van der Waals surface area contributed by atoms with Gasteiger partial charge in [0.15, 0.2) is 0 Å². The largest absolute Gasteiger partial charge is 0.147 e. The number of rotatable bonds is 3. The molecular weight excluding hydrogens is 392 g/mol. The Labute approximate surface area is 197 Å². The van der Waals surface area contributed by atoms with E-state index in [1.165, 1.54) is 32.1 Å². The van der Waals surface area contributed by atoms with Crippen LogP contribution in [0, 0.1) is 17.8 Å². The van der Waals surface area contributed by atoms with Crippen molar-refractivity contribution in [2.24, 2.45) is 5.92 Å². The molecule has 31 heavy (non-hydrogen) atoms. The molecule has 0 saturated carbocycles. The predicted molar refractivity (Wildman–Crippen MR) is 146 cm³/mol. The van der Waals surface area contributed by atoms with E-state index < -0.39 is 0 Å². The number of fused-ring (bicyclic) bond motifs is 1.